The molecule has 1 rings (SSSR count). The molecule has 0 aliphatic heterocycles. The molecule has 0 amide bonds. The minimum absolute atomic E-state index is 0.783. The Hall–Kier alpha value is -1.44. The normalized spacial score (nSPS) is 10.1. The molecule has 0 N–H and O–H groups in total. The number of terminal acetylenes is 1. The fourth-order valence-electron chi connectivity index (χ4n) is 1.32. The van der Waals surface area contributed by atoms with Crippen LogP contribution in [0, 0.1) is 23.8 Å². The minimum Gasteiger partial charge on any atom is -0.127 e. The monoisotopic (exact) mass is 226 g/mol. The highest BCUT2D eigenvalue weighted by Gasteiger charge is 2.07. The molecule has 0 spiro atoms. The predicted molar refractivity (Wildman–Crippen MR) is 73.8 cm³/mol. The highest BCUT2D eigenvalue weighted by atomic mass is 28.3. The topological polar surface area (TPSA) is 0 Å². The fraction of sp³-hybridized carbons (Fsp3) is 0.333. The van der Waals surface area contributed by atoms with Crippen LogP contribution in [0.25, 0.3) is 0 Å². The molecule has 0 aliphatic rings. The summed E-state index contributed by atoms with van der Waals surface area (Å²) in [6.07, 6.45) is 7.00. The average molecular weight is 226 g/mol. The van der Waals surface area contributed by atoms with E-state index in [2.05, 4.69) is 49.2 Å². The van der Waals surface area contributed by atoms with Crippen molar-refractivity contribution in [2.24, 2.45) is 0 Å². The van der Waals surface area contributed by atoms with Gasteiger partial charge in [0.15, 0.2) is 0 Å². The molecule has 0 bridgehead atoms. The first-order chi connectivity index (χ1) is 7.53. The van der Waals surface area contributed by atoms with Crippen molar-refractivity contribution >= 4 is 8.07 Å². The van der Waals surface area contributed by atoms with E-state index in [1.807, 2.05) is 12.1 Å². The Kier molecular flexibility index (Phi) is 4.41. The van der Waals surface area contributed by atoms with Gasteiger partial charge in [0, 0.05) is 12.0 Å². The van der Waals surface area contributed by atoms with Crippen LogP contribution < -0.4 is 0 Å². The van der Waals surface area contributed by atoms with Gasteiger partial charge in [-0.05, 0) is 18.1 Å². The largest absolute Gasteiger partial charge is 0.129 e. The van der Waals surface area contributed by atoms with Crippen molar-refractivity contribution in [3.05, 3.63) is 35.4 Å². The van der Waals surface area contributed by atoms with E-state index in [9.17, 15) is 0 Å². The second-order valence-electron chi connectivity index (χ2n) is 4.86. The zero-order chi connectivity index (χ0) is 12.0. The van der Waals surface area contributed by atoms with Crippen LogP contribution in [-0.4, -0.2) is 8.07 Å². The van der Waals surface area contributed by atoms with E-state index in [1.165, 1.54) is 5.56 Å². The summed E-state index contributed by atoms with van der Waals surface area (Å²) in [5.41, 5.74) is 5.80. The van der Waals surface area contributed by atoms with Crippen LogP contribution in [0.2, 0.25) is 19.6 Å². The van der Waals surface area contributed by atoms with Gasteiger partial charge in [0.1, 0.15) is 8.07 Å². The van der Waals surface area contributed by atoms with Crippen LogP contribution in [0.15, 0.2) is 24.3 Å². The first-order valence-corrected chi connectivity index (χ1v) is 9.07. The van der Waals surface area contributed by atoms with Crippen LogP contribution in [0.4, 0.5) is 0 Å². The molecule has 0 nitrogen and oxygen atoms in total. The van der Waals surface area contributed by atoms with Gasteiger partial charge in [0.2, 0.25) is 0 Å². The van der Waals surface area contributed by atoms with Gasteiger partial charge in [-0.15, -0.1) is 17.9 Å². The molecule has 1 aromatic carbocycles. The standard InChI is InChI=1S/C15H18Si/c1-5-6-9-14-10-7-8-11-15(14)12-13-16(2,3)4/h1,7-8,10-11H,6,9H2,2-4H3. The lowest BCUT2D eigenvalue weighted by Crippen LogP contribution is -2.16. The number of rotatable bonds is 2. The molecule has 0 heterocycles. The Morgan fingerprint density at radius 2 is 1.88 bits per heavy atom. The molecule has 0 saturated heterocycles. The molecular formula is C15H18Si. The van der Waals surface area contributed by atoms with Crippen molar-refractivity contribution < 1.29 is 0 Å². The van der Waals surface area contributed by atoms with Crippen LogP contribution in [-0.2, 0) is 6.42 Å². The molecule has 0 radical (unpaired) electrons. The van der Waals surface area contributed by atoms with Crippen molar-refractivity contribution in [2.75, 3.05) is 0 Å². The molecule has 1 heteroatoms. The third kappa shape index (κ3) is 4.38. The minimum atomic E-state index is -1.30. The molecule has 0 fully saturated rings. The third-order valence-corrected chi connectivity index (χ3v) is 3.00. The summed E-state index contributed by atoms with van der Waals surface area (Å²) >= 11 is 0. The van der Waals surface area contributed by atoms with Gasteiger partial charge in [0.25, 0.3) is 0 Å². The molecule has 82 valence electrons. The first-order valence-electron chi connectivity index (χ1n) is 5.57. The lowest BCUT2D eigenvalue weighted by atomic mass is 10.0. The zero-order valence-corrected chi connectivity index (χ0v) is 11.3. The maximum absolute atomic E-state index is 5.29. The second-order valence-corrected chi connectivity index (χ2v) is 9.61. The zero-order valence-electron chi connectivity index (χ0n) is 10.3. The summed E-state index contributed by atoms with van der Waals surface area (Å²) in [5, 5.41) is 0. The number of hydrogen-bond acceptors (Lipinski definition) is 0. The van der Waals surface area contributed by atoms with Crippen molar-refractivity contribution in [2.45, 2.75) is 32.5 Å². The fourth-order valence-corrected chi connectivity index (χ4v) is 1.83. The van der Waals surface area contributed by atoms with Crippen LogP contribution in [0.1, 0.15) is 17.5 Å². The Bertz CT molecular complexity index is 447. The lowest BCUT2D eigenvalue weighted by Gasteiger charge is -2.05. The number of hydrogen-bond donors (Lipinski definition) is 0. The van der Waals surface area contributed by atoms with Gasteiger partial charge in [-0.1, -0.05) is 43.8 Å². The summed E-state index contributed by atoms with van der Waals surface area (Å²) in [7, 11) is -1.30. The number of aryl methyl sites for hydroxylation is 1. The van der Waals surface area contributed by atoms with Gasteiger partial charge >= 0.3 is 0 Å². The molecule has 16 heavy (non-hydrogen) atoms. The van der Waals surface area contributed by atoms with E-state index in [-0.39, 0.29) is 0 Å². The van der Waals surface area contributed by atoms with E-state index < -0.39 is 8.07 Å². The first kappa shape index (κ1) is 12.6. The molecule has 1 aromatic rings. The molecule has 0 unspecified atom stereocenters. The summed E-state index contributed by atoms with van der Waals surface area (Å²) in [6, 6.07) is 8.28. The van der Waals surface area contributed by atoms with E-state index in [1.54, 1.807) is 0 Å². The maximum atomic E-state index is 5.29. The van der Waals surface area contributed by atoms with E-state index in [0.717, 1.165) is 18.4 Å². The average Bonchev–Trinajstić information content (AvgIpc) is 2.23. The van der Waals surface area contributed by atoms with E-state index in [4.69, 9.17) is 6.42 Å². The summed E-state index contributed by atoms with van der Waals surface area (Å²) < 4.78 is 0. The van der Waals surface area contributed by atoms with Gasteiger partial charge in [-0.2, -0.15) is 0 Å². The van der Waals surface area contributed by atoms with Crippen LogP contribution in [0.5, 0.6) is 0 Å². The van der Waals surface area contributed by atoms with Gasteiger partial charge in [-0.25, -0.2) is 0 Å². The maximum Gasteiger partial charge on any atom is 0.129 e. The summed E-state index contributed by atoms with van der Waals surface area (Å²) in [4.78, 5) is 0. The Labute approximate surface area is 100 Å². The Balaban J connectivity index is 2.95. The van der Waals surface area contributed by atoms with Crippen molar-refractivity contribution in [3.63, 3.8) is 0 Å². The molecule has 0 aliphatic carbocycles. The smallest absolute Gasteiger partial charge is 0.127 e. The third-order valence-electron chi connectivity index (χ3n) is 2.13. The van der Waals surface area contributed by atoms with Crippen LogP contribution >= 0.6 is 0 Å². The summed E-state index contributed by atoms with van der Waals surface area (Å²) in [6.45, 7) is 6.76. The SMILES string of the molecule is C#CCCc1ccccc1C#C[Si](C)(C)C. The van der Waals surface area contributed by atoms with Gasteiger partial charge in [-0.3, -0.25) is 0 Å². The molecule has 0 saturated carbocycles. The predicted octanol–water partition coefficient (Wildman–Crippen LogP) is 3.48. The van der Waals surface area contributed by atoms with Gasteiger partial charge < -0.3 is 0 Å². The number of benzene rings is 1. The van der Waals surface area contributed by atoms with Crippen molar-refractivity contribution in [3.8, 4) is 23.8 Å². The lowest BCUT2D eigenvalue weighted by molar-refractivity contribution is 1.02. The summed E-state index contributed by atoms with van der Waals surface area (Å²) in [5.74, 6) is 5.98. The van der Waals surface area contributed by atoms with Gasteiger partial charge in [0.05, 0.1) is 0 Å². The van der Waals surface area contributed by atoms with Crippen molar-refractivity contribution in [1.82, 2.24) is 0 Å². The Morgan fingerprint density at radius 3 is 2.50 bits per heavy atom. The van der Waals surface area contributed by atoms with E-state index in [0.29, 0.717) is 0 Å². The molecule has 0 atom stereocenters. The highest BCUT2D eigenvalue weighted by Crippen LogP contribution is 2.10. The molecular weight excluding hydrogens is 208 g/mol. The quantitative estimate of drug-likeness (QED) is 0.535. The van der Waals surface area contributed by atoms with E-state index >= 15 is 0 Å². The Morgan fingerprint density at radius 1 is 1.19 bits per heavy atom. The highest BCUT2D eigenvalue weighted by molar-refractivity contribution is 6.83. The molecule has 0 aromatic heterocycles. The van der Waals surface area contributed by atoms with Crippen LogP contribution in [0.3, 0.4) is 0 Å². The van der Waals surface area contributed by atoms with Crippen molar-refractivity contribution in [1.29, 1.82) is 0 Å². The second kappa shape index (κ2) is 5.59.